The van der Waals surface area contributed by atoms with E-state index in [4.69, 9.17) is 15.0 Å². The summed E-state index contributed by atoms with van der Waals surface area (Å²) in [4.78, 5) is 17.8. The average molecular weight is 521 g/mol. The van der Waals surface area contributed by atoms with Gasteiger partial charge in [-0.05, 0) is 55.0 Å². The lowest BCUT2D eigenvalue weighted by molar-refractivity contribution is -0.137. The molecule has 38 heavy (non-hydrogen) atoms. The van der Waals surface area contributed by atoms with Gasteiger partial charge in [-0.3, -0.25) is 4.79 Å². The highest BCUT2D eigenvalue weighted by molar-refractivity contribution is 6.06. The molecule has 0 saturated heterocycles. The van der Waals surface area contributed by atoms with Crippen molar-refractivity contribution in [3.05, 3.63) is 77.4 Å². The highest BCUT2D eigenvalue weighted by Crippen LogP contribution is 2.34. The third-order valence-corrected chi connectivity index (χ3v) is 6.28. The zero-order chi connectivity index (χ0) is 27.3. The number of amides is 1. The Balaban J connectivity index is 1.68. The van der Waals surface area contributed by atoms with Crippen LogP contribution in [0.15, 0.2) is 60.7 Å². The number of hydrogen-bond acceptors (Lipinski definition) is 4. The van der Waals surface area contributed by atoms with Crippen LogP contribution >= 0.6 is 0 Å². The molecular weight excluding hydrogens is 493 g/mol. The van der Waals surface area contributed by atoms with Crippen LogP contribution in [0.4, 0.5) is 18.9 Å². The van der Waals surface area contributed by atoms with Crippen LogP contribution in [0, 0.1) is 11.3 Å². The van der Waals surface area contributed by atoms with Gasteiger partial charge in [0.05, 0.1) is 35.3 Å². The van der Waals surface area contributed by atoms with E-state index in [1.54, 1.807) is 25.3 Å². The third kappa shape index (κ3) is 5.80. The summed E-state index contributed by atoms with van der Waals surface area (Å²) in [6.45, 7) is 2.91. The fraction of sp³-hybridized carbons (Fsp3) is 0.276. The first kappa shape index (κ1) is 26.7. The van der Waals surface area contributed by atoms with E-state index in [0.29, 0.717) is 11.3 Å². The number of halogens is 3. The van der Waals surface area contributed by atoms with E-state index in [9.17, 15) is 18.0 Å². The molecule has 1 heterocycles. The van der Waals surface area contributed by atoms with Gasteiger partial charge in [0.2, 0.25) is 0 Å². The Morgan fingerprint density at radius 1 is 1.08 bits per heavy atom. The monoisotopic (exact) mass is 520 g/mol. The lowest BCUT2D eigenvalue weighted by atomic mass is 10.1. The van der Waals surface area contributed by atoms with Gasteiger partial charge in [-0.1, -0.05) is 38.3 Å². The highest BCUT2D eigenvalue weighted by atomic mass is 19.4. The van der Waals surface area contributed by atoms with Gasteiger partial charge in [-0.15, -0.1) is 0 Å². The lowest BCUT2D eigenvalue weighted by Crippen LogP contribution is -2.14. The number of aryl methyl sites for hydroxylation is 1. The highest BCUT2D eigenvalue weighted by Gasteiger charge is 2.34. The molecule has 0 aliphatic heterocycles. The standard InChI is InChI=1S/C29H27F3N4O2/c1-3-4-5-6-14-36-26-13-11-20(16-25(26)35-27(36)19-8-7-9-23(15-19)38-2)28(37)34-22-12-10-21(18-33)24(17-22)29(30,31)32/h7-13,15-17H,3-6,14H2,1-2H3,(H,34,37). The molecule has 1 amide bonds. The minimum atomic E-state index is -4.72. The molecule has 4 aromatic rings. The van der Waals surface area contributed by atoms with Crippen molar-refractivity contribution in [2.45, 2.75) is 45.3 Å². The van der Waals surface area contributed by atoms with Crippen LogP contribution in [-0.4, -0.2) is 22.6 Å². The van der Waals surface area contributed by atoms with Crippen LogP contribution in [0.5, 0.6) is 5.75 Å². The number of nitriles is 1. The predicted octanol–water partition coefficient (Wildman–Crippen LogP) is 7.43. The molecule has 6 nitrogen and oxygen atoms in total. The number of nitrogens with zero attached hydrogens (tertiary/aromatic N) is 3. The van der Waals surface area contributed by atoms with Crippen LogP contribution in [-0.2, 0) is 12.7 Å². The van der Waals surface area contributed by atoms with Gasteiger partial charge in [0.25, 0.3) is 5.91 Å². The van der Waals surface area contributed by atoms with E-state index in [-0.39, 0.29) is 11.3 Å². The van der Waals surface area contributed by atoms with Crippen molar-refractivity contribution < 1.29 is 22.7 Å². The Labute approximate surface area is 218 Å². The number of methoxy groups -OCH3 is 1. The van der Waals surface area contributed by atoms with Crippen LogP contribution in [0.2, 0.25) is 0 Å². The molecule has 3 aromatic carbocycles. The maximum atomic E-state index is 13.3. The van der Waals surface area contributed by atoms with E-state index >= 15 is 0 Å². The van der Waals surface area contributed by atoms with Gasteiger partial charge in [-0.25, -0.2) is 4.98 Å². The Kier molecular flexibility index (Phi) is 8.01. The van der Waals surface area contributed by atoms with Crippen LogP contribution in [0.25, 0.3) is 22.4 Å². The molecule has 0 atom stereocenters. The summed E-state index contributed by atoms with van der Waals surface area (Å²) in [5.41, 5.74) is 0.919. The normalized spacial score (nSPS) is 11.4. The van der Waals surface area contributed by atoms with Crippen molar-refractivity contribution in [2.75, 3.05) is 12.4 Å². The molecular formula is C29H27F3N4O2. The molecule has 0 bridgehead atoms. The van der Waals surface area contributed by atoms with E-state index in [2.05, 4.69) is 16.8 Å². The minimum Gasteiger partial charge on any atom is -0.497 e. The fourth-order valence-electron chi connectivity index (χ4n) is 4.33. The molecule has 1 N–H and O–H groups in total. The number of imidazole rings is 1. The summed E-state index contributed by atoms with van der Waals surface area (Å²) >= 11 is 0. The topological polar surface area (TPSA) is 79.9 Å². The van der Waals surface area contributed by atoms with Gasteiger partial charge in [0.1, 0.15) is 11.6 Å². The second-order valence-corrected chi connectivity index (χ2v) is 8.91. The van der Waals surface area contributed by atoms with Gasteiger partial charge in [0.15, 0.2) is 0 Å². The molecule has 1 aromatic heterocycles. The molecule has 0 aliphatic carbocycles. The number of aromatic nitrogens is 2. The molecule has 0 saturated carbocycles. The van der Waals surface area contributed by atoms with Gasteiger partial charge < -0.3 is 14.6 Å². The summed E-state index contributed by atoms with van der Waals surface area (Å²) in [6.07, 6.45) is -0.408. The SMILES string of the molecule is CCCCCCn1c(-c2cccc(OC)c2)nc2cc(C(=O)Nc3ccc(C#N)c(C(F)(F)F)c3)ccc21. The number of hydrogen-bond donors (Lipinski definition) is 1. The number of fused-ring (bicyclic) bond motifs is 1. The third-order valence-electron chi connectivity index (χ3n) is 6.28. The maximum absolute atomic E-state index is 13.3. The first-order chi connectivity index (χ1) is 18.2. The van der Waals surface area contributed by atoms with Crippen molar-refractivity contribution >= 4 is 22.6 Å². The Bertz CT molecular complexity index is 1500. The van der Waals surface area contributed by atoms with Crippen molar-refractivity contribution in [3.63, 3.8) is 0 Å². The molecule has 196 valence electrons. The van der Waals surface area contributed by atoms with Crippen LogP contribution in [0.1, 0.15) is 54.1 Å². The number of unbranched alkanes of at least 4 members (excludes halogenated alkanes) is 3. The van der Waals surface area contributed by atoms with Crippen molar-refractivity contribution in [3.8, 4) is 23.2 Å². The second kappa shape index (κ2) is 11.4. The molecule has 4 rings (SSSR count). The molecule has 0 aliphatic rings. The zero-order valence-corrected chi connectivity index (χ0v) is 21.1. The number of alkyl halides is 3. The Hall–Kier alpha value is -4.32. The van der Waals surface area contributed by atoms with Gasteiger partial charge >= 0.3 is 6.18 Å². The minimum absolute atomic E-state index is 0.0556. The van der Waals surface area contributed by atoms with Crippen LogP contribution in [0.3, 0.4) is 0 Å². The first-order valence-corrected chi connectivity index (χ1v) is 12.3. The summed E-state index contributed by atoms with van der Waals surface area (Å²) in [7, 11) is 1.60. The van der Waals surface area contributed by atoms with E-state index < -0.39 is 23.2 Å². The van der Waals surface area contributed by atoms with Crippen molar-refractivity contribution in [1.82, 2.24) is 9.55 Å². The Morgan fingerprint density at radius 3 is 2.61 bits per heavy atom. The summed E-state index contributed by atoms with van der Waals surface area (Å²) in [6, 6.07) is 17.3. The number of benzene rings is 3. The molecule has 0 radical (unpaired) electrons. The predicted molar refractivity (Wildman–Crippen MR) is 140 cm³/mol. The average Bonchev–Trinajstić information content (AvgIpc) is 3.28. The quantitative estimate of drug-likeness (QED) is 0.233. The number of nitrogens with one attached hydrogen (secondary N) is 1. The number of carbonyl (C=O) groups is 1. The fourth-order valence-corrected chi connectivity index (χ4v) is 4.33. The maximum Gasteiger partial charge on any atom is 0.417 e. The van der Waals surface area contributed by atoms with Gasteiger partial charge in [-0.2, -0.15) is 18.4 Å². The van der Waals surface area contributed by atoms with Crippen LogP contribution < -0.4 is 10.1 Å². The first-order valence-electron chi connectivity index (χ1n) is 12.3. The number of anilines is 1. The van der Waals surface area contributed by atoms with Gasteiger partial charge in [0, 0.05) is 23.4 Å². The number of ether oxygens (including phenoxy) is 1. The summed E-state index contributed by atoms with van der Waals surface area (Å²) in [5, 5.41) is 11.5. The summed E-state index contributed by atoms with van der Waals surface area (Å²) < 4.78 is 47.5. The van der Waals surface area contributed by atoms with Crippen molar-refractivity contribution in [2.24, 2.45) is 0 Å². The lowest BCUT2D eigenvalue weighted by Gasteiger charge is -2.12. The molecule has 0 fully saturated rings. The zero-order valence-electron chi connectivity index (χ0n) is 21.1. The van der Waals surface area contributed by atoms with Crippen molar-refractivity contribution in [1.29, 1.82) is 5.26 Å². The number of carbonyl (C=O) groups excluding carboxylic acids is 1. The molecule has 9 heteroatoms. The van der Waals surface area contributed by atoms with E-state index in [1.165, 1.54) is 12.1 Å². The smallest absolute Gasteiger partial charge is 0.417 e. The number of rotatable bonds is 9. The largest absolute Gasteiger partial charge is 0.497 e. The van der Waals surface area contributed by atoms with E-state index in [1.807, 2.05) is 24.3 Å². The molecule has 0 spiro atoms. The molecule has 0 unspecified atom stereocenters. The Morgan fingerprint density at radius 2 is 1.89 bits per heavy atom. The van der Waals surface area contributed by atoms with E-state index in [0.717, 1.165) is 61.3 Å². The second-order valence-electron chi connectivity index (χ2n) is 8.91. The summed E-state index contributed by atoms with van der Waals surface area (Å²) in [5.74, 6) is 0.868.